The molecule has 1 aliphatic rings. The van der Waals surface area contributed by atoms with E-state index in [1.54, 1.807) is 11.4 Å². The van der Waals surface area contributed by atoms with E-state index in [4.69, 9.17) is 4.74 Å². The van der Waals surface area contributed by atoms with Crippen molar-refractivity contribution in [2.45, 2.75) is 31.6 Å². The van der Waals surface area contributed by atoms with Crippen molar-refractivity contribution in [2.24, 2.45) is 0 Å². The van der Waals surface area contributed by atoms with Crippen LogP contribution < -0.4 is 10.1 Å². The van der Waals surface area contributed by atoms with Gasteiger partial charge in [0.05, 0.1) is 12.9 Å². The van der Waals surface area contributed by atoms with E-state index >= 15 is 0 Å². The lowest BCUT2D eigenvalue weighted by Gasteiger charge is -2.32. The van der Waals surface area contributed by atoms with Crippen LogP contribution in [0.1, 0.15) is 24.1 Å². The molecule has 0 radical (unpaired) electrons. The average molecular weight is 426 g/mol. The molecule has 0 unspecified atom stereocenters. The fourth-order valence-corrected chi connectivity index (χ4v) is 5.57. The summed E-state index contributed by atoms with van der Waals surface area (Å²) in [6.07, 6.45) is 1.53. The molecule has 6 nitrogen and oxygen atoms in total. The third-order valence-electron chi connectivity index (χ3n) is 5.55. The summed E-state index contributed by atoms with van der Waals surface area (Å²) in [7, 11) is -1.65. The maximum atomic E-state index is 12.8. The lowest BCUT2D eigenvalue weighted by molar-refractivity contribution is 0.329. The molecule has 158 valence electrons. The molecule has 0 bridgehead atoms. The monoisotopic (exact) mass is 425 g/mol. The quantitative estimate of drug-likeness (QED) is 0.647. The van der Waals surface area contributed by atoms with Crippen molar-refractivity contribution in [1.29, 1.82) is 0 Å². The minimum absolute atomic E-state index is 0.0555. The summed E-state index contributed by atoms with van der Waals surface area (Å²) in [5.74, 6) is 0.806. The number of pyridine rings is 1. The second-order valence-corrected chi connectivity index (χ2v) is 9.70. The zero-order valence-electron chi connectivity index (χ0n) is 17.3. The molecule has 1 N–H and O–H groups in total. The number of rotatable bonds is 6. The van der Waals surface area contributed by atoms with Crippen LogP contribution in [-0.2, 0) is 15.8 Å². The molecule has 1 aliphatic heterocycles. The highest BCUT2D eigenvalue weighted by Gasteiger charge is 2.28. The lowest BCUT2D eigenvalue weighted by atomic mass is 10.0. The van der Waals surface area contributed by atoms with Crippen LogP contribution in [0.3, 0.4) is 0 Å². The predicted octanol–water partition coefficient (Wildman–Crippen LogP) is 3.96. The van der Waals surface area contributed by atoms with Gasteiger partial charge in [0, 0.05) is 35.9 Å². The number of benzene rings is 2. The summed E-state index contributed by atoms with van der Waals surface area (Å²) >= 11 is 0. The number of aromatic nitrogens is 1. The second-order valence-electron chi connectivity index (χ2n) is 7.73. The van der Waals surface area contributed by atoms with E-state index in [1.165, 1.54) is 0 Å². The van der Waals surface area contributed by atoms with Crippen molar-refractivity contribution in [3.63, 3.8) is 0 Å². The van der Waals surface area contributed by atoms with Gasteiger partial charge >= 0.3 is 0 Å². The minimum Gasteiger partial charge on any atom is -0.494 e. The number of hydrogen-bond acceptors (Lipinski definition) is 5. The second kappa shape index (κ2) is 8.62. The first kappa shape index (κ1) is 20.6. The van der Waals surface area contributed by atoms with Gasteiger partial charge in [0.2, 0.25) is 10.0 Å². The van der Waals surface area contributed by atoms with Gasteiger partial charge in [-0.05, 0) is 37.5 Å². The zero-order chi connectivity index (χ0) is 21.1. The number of methoxy groups -OCH3 is 1. The van der Waals surface area contributed by atoms with E-state index in [9.17, 15) is 8.42 Å². The minimum atomic E-state index is -3.30. The summed E-state index contributed by atoms with van der Waals surface area (Å²) in [5, 5.41) is 4.63. The number of sulfonamides is 1. The molecule has 1 fully saturated rings. The summed E-state index contributed by atoms with van der Waals surface area (Å²) in [6, 6.07) is 17.5. The van der Waals surface area contributed by atoms with Crippen LogP contribution in [-0.4, -0.2) is 43.9 Å². The highest BCUT2D eigenvalue weighted by molar-refractivity contribution is 7.88. The molecular weight excluding hydrogens is 398 g/mol. The molecule has 30 heavy (non-hydrogen) atoms. The molecule has 0 saturated carbocycles. The number of ether oxygens (including phenoxy) is 1. The van der Waals surface area contributed by atoms with E-state index in [-0.39, 0.29) is 11.8 Å². The van der Waals surface area contributed by atoms with Gasteiger partial charge in [-0.3, -0.25) is 0 Å². The van der Waals surface area contributed by atoms with Crippen molar-refractivity contribution < 1.29 is 13.2 Å². The normalized spacial score (nSPS) is 15.9. The Labute approximate surface area is 177 Å². The Kier molecular flexibility index (Phi) is 5.92. The van der Waals surface area contributed by atoms with Gasteiger partial charge in [-0.25, -0.2) is 17.7 Å². The first-order chi connectivity index (χ1) is 14.5. The number of anilines is 1. The fourth-order valence-electron chi connectivity index (χ4n) is 4.01. The maximum absolute atomic E-state index is 12.8. The van der Waals surface area contributed by atoms with E-state index in [0.29, 0.717) is 13.1 Å². The van der Waals surface area contributed by atoms with Crippen molar-refractivity contribution in [3.8, 4) is 5.75 Å². The summed E-state index contributed by atoms with van der Waals surface area (Å²) in [6.45, 7) is 3.02. The molecular formula is C23H27N3O3S. The van der Waals surface area contributed by atoms with Crippen LogP contribution in [0, 0.1) is 6.92 Å². The van der Waals surface area contributed by atoms with Crippen LogP contribution in [0.4, 0.5) is 5.69 Å². The largest absolute Gasteiger partial charge is 0.494 e. The molecule has 1 aromatic heterocycles. The molecule has 7 heteroatoms. The van der Waals surface area contributed by atoms with Gasteiger partial charge < -0.3 is 10.1 Å². The van der Waals surface area contributed by atoms with Gasteiger partial charge in [0.1, 0.15) is 11.3 Å². The van der Waals surface area contributed by atoms with E-state index in [1.807, 2.05) is 61.5 Å². The van der Waals surface area contributed by atoms with Crippen LogP contribution in [0.25, 0.3) is 10.9 Å². The zero-order valence-corrected chi connectivity index (χ0v) is 18.2. The maximum Gasteiger partial charge on any atom is 0.218 e. The SMILES string of the molecule is COc1cccc2c(NC3CCN(S(=O)(=O)Cc4ccccc4)CC3)cc(C)nc12. The third kappa shape index (κ3) is 4.42. The molecule has 3 aromatic rings. The summed E-state index contributed by atoms with van der Waals surface area (Å²) in [4.78, 5) is 4.63. The van der Waals surface area contributed by atoms with Crippen molar-refractivity contribution in [2.75, 3.05) is 25.5 Å². The van der Waals surface area contributed by atoms with Gasteiger partial charge in [0.25, 0.3) is 0 Å². The highest BCUT2D eigenvalue weighted by Crippen LogP contribution is 2.31. The Bertz CT molecular complexity index is 1130. The molecule has 0 atom stereocenters. The molecule has 0 amide bonds. The van der Waals surface area contributed by atoms with Crippen molar-refractivity contribution >= 4 is 26.6 Å². The molecule has 2 heterocycles. The topological polar surface area (TPSA) is 71.5 Å². The van der Waals surface area contributed by atoms with Gasteiger partial charge in [0.15, 0.2) is 0 Å². The van der Waals surface area contributed by atoms with Crippen LogP contribution in [0.5, 0.6) is 5.75 Å². The number of nitrogens with one attached hydrogen (secondary N) is 1. The van der Waals surface area contributed by atoms with E-state index in [0.717, 1.165) is 46.4 Å². The lowest BCUT2D eigenvalue weighted by Crippen LogP contribution is -2.42. The number of nitrogens with zero attached hydrogens (tertiary/aromatic N) is 2. The van der Waals surface area contributed by atoms with Crippen LogP contribution >= 0.6 is 0 Å². The molecule has 4 rings (SSSR count). The first-order valence-electron chi connectivity index (χ1n) is 10.2. The highest BCUT2D eigenvalue weighted by atomic mass is 32.2. The van der Waals surface area contributed by atoms with Crippen molar-refractivity contribution in [3.05, 3.63) is 65.9 Å². The van der Waals surface area contributed by atoms with E-state index in [2.05, 4.69) is 10.3 Å². The first-order valence-corrected chi connectivity index (χ1v) is 11.8. The van der Waals surface area contributed by atoms with Gasteiger partial charge in [-0.15, -0.1) is 0 Å². The Morgan fingerprint density at radius 3 is 2.53 bits per heavy atom. The molecule has 1 saturated heterocycles. The molecule has 2 aromatic carbocycles. The number of hydrogen-bond donors (Lipinski definition) is 1. The summed E-state index contributed by atoms with van der Waals surface area (Å²) in [5.41, 5.74) is 3.59. The van der Waals surface area contributed by atoms with Gasteiger partial charge in [-0.2, -0.15) is 0 Å². The Morgan fingerprint density at radius 1 is 1.10 bits per heavy atom. The molecule has 0 aliphatic carbocycles. The standard InChI is InChI=1S/C23H27N3O3S/c1-17-15-21(20-9-6-10-22(29-2)23(20)24-17)25-19-11-13-26(14-12-19)30(27,28)16-18-7-4-3-5-8-18/h3-10,15,19H,11-14,16H2,1-2H3,(H,24,25). The predicted molar refractivity (Wildman–Crippen MR) is 120 cm³/mol. The number of fused-ring (bicyclic) bond motifs is 1. The van der Waals surface area contributed by atoms with Crippen molar-refractivity contribution in [1.82, 2.24) is 9.29 Å². The smallest absolute Gasteiger partial charge is 0.218 e. The number of aryl methyl sites for hydroxylation is 1. The number of piperidine rings is 1. The number of para-hydroxylation sites is 1. The fraction of sp³-hybridized carbons (Fsp3) is 0.348. The van der Waals surface area contributed by atoms with E-state index < -0.39 is 10.0 Å². The van der Waals surface area contributed by atoms with Crippen LogP contribution in [0.15, 0.2) is 54.6 Å². The Morgan fingerprint density at radius 2 is 1.83 bits per heavy atom. The van der Waals surface area contributed by atoms with Gasteiger partial charge in [-0.1, -0.05) is 42.5 Å². The third-order valence-corrected chi connectivity index (χ3v) is 7.40. The average Bonchev–Trinajstić information content (AvgIpc) is 2.74. The van der Waals surface area contributed by atoms with Crippen LogP contribution in [0.2, 0.25) is 0 Å². The Balaban J connectivity index is 1.45. The summed E-state index contributed by atoms with van der Waals surface area (Å²) < 4.78 is 32.7. The molecule has 0 spiro atoms. The Hall–Kier alpha value is -2.64.